The lowest BCUT2D eigenvalue weighted by atomic mass is 10.0. The smallest absolute Gasteiger partial charge is 0.220 e. The zero-order valence-electron chi connectivity index (χ0n) is 12.1. The Balaban J connectivity index is 1.50. The first-order valence-corrected chi connectivity index (χ1v) is 7.40. The Morgan fingerprint density at radius 1 is 1.29 bits per heavy atom. The van der Waals surface area contributed by atoms with Crippen molar-refractivity contribution in [2.45, 2.75) is 44.1 Å². The maximum Gasteiger partial charge on any atom is 0.220 e. The number of ether oxygens (including phenoxy) is 2. The molecule has 1 aromatic rings. The molecule has 0 spiro atoms. The summed E-state index contributed by atoms with van der Waals surface area (Å²) < 4.78 is 11.0. The van der Waals surface area contributed by atoms with E-state index in [0.717, 1.165) is 6.42 Å². The van der Waals surface area contributed by atoms with Crippen molar-refractivity contribution >= 4 is 5.91 Å². The molecular formula is C16H21NO4. The standard InChI is InChI=1S/C16H21NO4/c1-10-4-2-3-5-11(10)6-7-14(19)17-12-8-20-16-13(18)9-21-15(12)16/h2-5,12-13,15-16,18H,6-9H2,1H3,(H,17,19)/t12-,13-,15-,16-/m1/s1. The molecule has 2 heterocycles. The molecule has 2 saturated heterocycles. The molecule has 5 heteroatoms. The third-order valence-electron chi connectivity index (χ3n) is 4.26. The van der Waals surface area contributed by atoms with Crippen molar-refractivity contribution in [3.05, 3.63) is 35.4 Å². The van der Waals surface area contributed by atoms with E-state index in [0.29, 0.717) is 13.0 Å². The highest BCUT2D eigenvalue weighted by Crippen LogP contribution is 2.27. The lowest BCUT2D eigenvalue weighted by molar-refractivity contribution is -0.122. The summed E-state index contributed by atoms with van der Waals surface area (Å²) in [5.41, 5.74) is 2.40. The Labute approximate surface area is 124 Å². The van der Waals surface area contributed by atoms with E-state index >= 15 is 0 Å². The van der Waals surface area contributed by atoms with Crippen molar-refractivity contribution in [1.29, 1.82) is 0 Å². The fraction of sp³-hybridized carbons (Fsp3) is 0.562. The van der Waals surface area contributed by atoms with Gasteiger partial charge in [-0.2, -0.15) is 0 Å². The van der Waals surface area contributed by atoms with E-state index in [-0.39, 0.29) is 30.8 Å². The molecular weight excluding hydrogens is 270 g/mol. The third-order valence-corrected chi connectivity index (χ3v) is 4.26. The van der Waals surface area contributed by atoms with Crippen LogP contribution < -0.4 is 5.32 Å². The molecule has 2 N–H and O–H groups in total. The van der Waals surface area contributed by atoms with E-state index in [4.69, 9.17) is 9.47 Å². The molecule has 2 fully saturated rings. The van der Waals surface area contributed by atoms with E-state index < -0.39 is 6.10 Å². The van der Waals surface area contributed by atoms with Crippen LogP contribution >= 0.6 is 0 Å². The summed E-state index contributed by atoms with van der Waals surface area (Å²) in [4.78, 5) is 12.1. The average molecular weight is 291 g/mol. The van der Waals surface area contributed by atoms with Gasteiger partial charge in [-0.1, -0.05) is 24.3 Å². The number of carbonyl (C=O) groups excluding carboxylic acids is 1. The monoisotopic (exact) mass is 291 g/mol. The van der Waals surface area contributed by atoms with Crippen LogP contribution in [0, 0.1) is 6.92 Å². The van der Waals surface area contributed by atoms with Crippen LogP contribution in [0.1, 0.15) is 17.5 Å². The Bertz CT molecular complexity index is 519. The van der Waals surface area contributed by atoms with Crippen LogP contribution in [-0.4, -0.2) is 48.6 Å². The molecule has 0 bridgehead atoms. The summed E-state index contributed by atoms with van der Waals surface area (Å²) in [6.45, 7) is 2.74. The van der Waals surface area contributed by atoms with Crippen LogP contribution in [0.15, 0.2) is 24.3 Å². The van der Waals surface area contributed by atoms with Gasteiger partial charge >= 0.3 is 0 Å². The summed E-state index contributed by atoms with van der Waals surface area (Å²) in [6.07, 6.45) is 0.0725. The number of nitrogens with one attached hydrogen (secondary N) is 1. The summed E-state index contributed by atoms with van der Waals surface area (Å²) in [6, 6.07) is 7.93. The summed E-state index contributed by atoms with van der Waals surface area (Å²) in [5, 5.41) is 12.6. The molecule has 5 nitrogen and oxygen atoms in total. The Hall–Kier alpha value is -1.43. The Morgan fingerprint density at radius 3 is 2.86 bits per heavy atom. The highest BCUT2D eigenvalue weighted by molar-refractivity contribution is 5.76. The first-order valence-electron chi connectivity index (χ1n) is 7.40. The van der Waals surface area contributed by atoms with Gasteiger partial charge in [0.15, 0.2) is 0 Å². The molecule has 21 heavy (non-hydrogen) atoms. The van der Waals surface area contributed by atoms with Gasteiger partial charge in [-0.25, -0.2) is 0 Å². The van der Waals surface area contributed by atoms with Crippen molar-refractivity contribution < 1.29 is 19.4 Å². The maximum absolute atomic E-state index is 12.1. The van der Waals surface area contributed by atoms with Crippen molar-refractivity contribution in [3.8, 4) is 0 Å². The van der Waals surface area contributed by atoms with Crippen LogP contribution in [0.4, 0.5) is 0 Å². The number of hydrogen-bond acceptors (Lipinski definition) is 4. The minimum absolute atomic E-state index is 0.00232. The van der Waals surface area contributed by atoms with Gasteiger partial charge in [0.2, 0.25) is 5.91 Å². The minimum Gasteiger partial charge on any atom is -0.388 e. The number of aryl methyl sites for hydroxylation is 2. The van der Waals surface area contributed by atoms with Crippen molar-refractivity contribution in [3.63, 3.8) is 0 Å². The summed E-state index contributed by atoms with van der Waals surface area (Å²) in [5.74, 6) is -0.00232. The van der Waals surface area contributed by atoms with Gasteiger partial charge in [-0.3, -0.25) is 4.79 Å². The highest BCUT2D eigenvalue weighted by atomic mass is 16.6. The number of fused-ring (bicyclic) bond motifs is 1. The predicted octanol–water partition coefficient (Wildman–Crippen LogP) is 0.571. The highest BCUT2D eigenvalue weighted by Gasteiger charge is 2.47. The van der Waals surface area contributed by atoms with Gasteiger partial charge in [-0.05, 0) is 24.5 Å². The first kappa shape index (κ1) is 14.5. The van der Waals surface area contributed by atoms with Crippen molar-refractivity contribution in [1.82, 2.24) is 5.32 Å². The number of hydrogen-bond donors (Lipinski definition) is 2. The number of benzene rings is 1. The van der Waals surface area contributed by atoms with Crippen LogP contribution in [0.2, 0.25) is 0 Å². The lowest BCUT2D eigenvalue weighted by Gasteiger charge is -2.17. The van der Waals surface area contributed by atoms with Crippen molar-refractivity contribution in [2.75, 3.05) is 13.2 Å². The molecule has 0 saturated carbocycles. The molecule has 0 aliphatic carbocycles. The Kier molecular flexibility index (Phi) is 4.24. The molecule has 0 unspecified atom stereocenters. The Morgan fingerprint density at radius 2 is 2.05 bits per heavy atom. The first-order chi connectivity index (χ1) is 10.1. The molecule has 2 aliphatic rings. The zero-order chi connectivity index (χ0) is 14.8. The second kappa shape index (κ2) is 6.13. The van der Waals surface area contributed by atoms with Gasteiger partial charge in [0, 0.05) is 6.42 Å². The molecule has 0 aromatic heterocycles. The van der Waals surface area contributed by atoms with Crippen LogP contribution in [0.25, 0.3) is 0 Å². The molecule has 4 atom stereocenters. The van der Waals surface area contributed by atoms with Gasteiger partial charge < -0.3 is 19.9 Å². The zero-order valence-corrected chi connectivity index (χ0v) is 12.1. The van der Waals surface area contributed by atoms with Crippen LogP contribution in [0.3, 0.4) is 0 Å². The molecule has 1 amide bonds. The second-order valence-electron chi connectivity index (χ2n) is 5.76. The SMILES string of the molecule is Cc1ccccc1CCC(=O)N[C@@H]1CO[C@H]2[C@@H]1OC[C@H]2O. The number of rotatable bonds is 4. The number of carbonyl (C=O) groups is 1. The molecule has 3 rings (SSSR count). The maximum atomic E-state index is 12.1. The topological polar surface area (TPSA) is 67.8 Å². The largest absolute Gasteiger partial charge is 0.388 e. The van der Waals surface area contributed by atoms with Gasteiger partial charge in [0.1, 0.15) is 18.3 Å². The fourth-order valence-corrected chi connectivity index (χ4v) is 3.02. The number of aliphatic hydroxyl groups is 1. The molecule has 0 radical (unpaired) electrons. The quantitative estimate of drug-likeness (QED) is 0.851. The normalized spacial score (nSPS) is 31.1. The van der Waals surface area contributed by atoms with Crippen LogP contribution in [0.5, 0.6) is 0 Å². The van der Waals surface area contributed by atoms with E-state index in [1.807, 2.05) is 18.2 Å². The van der Waals surface area contributed by atoms with Crippen molar-refractivity contribution in [2.24, 2.45) is 0 Å². The molecule has 114 valence electrons. The van der Waals surface area contributed by atoms with Gasteiger partial charge in [0.05, 0.1) is 19.3 Å². The fourth-order valence-electron chi connectivity index (χ4n) is 3.02. The summed E-state index contributed by atoms with van der Waals surface area (Å²) >= 11 is 0. The van der Waals surface area contributed by atoms with Gasteiger partial charge in [-0.15, -0.1) is 0 Å². The predicted molar refractivity (Wildman–Crippen MR) is 76.9 cm³/mol. The third kappa shape index (κ3) is 3.10. The van der Waals surface area contributed by atoms with E-state index in [9.17, 15) is 9.90 Å². The van der Waals surface area contributed by atoms with Crippen LogP contribution in [-0.2, 0) is 20.7 Å². The van der Waals surface area contributed by atoms with E-state index in [1.165, 1.54) is 11.1 Å². The summed E-state index contributed by atoms with van der Waals surface area (Å²) in [7, 11) is 0. The number of amides is 1. The van der Waals surface area contributed by atoms with E-state index in [2.05, 4.69) is 18.3 Å². The molecule has 2 aliphatic heterocycles. The molecule has 1 aromatic carbocycles. The minimum atomic E-state index is -0.580. The average Bonchev–Trinajstić information content (AvgIpc) is 3.03. The number of aliphatic hydroxyl groups excluding tert-OH is 1. The lowest BCUT2D eigenvalue weighted by Crippen LogP contribution is -2.44. The second-order valence-corrected chi connectivity index (χ2v) is 5.76. The van der Waals surface area contributed by atoms with E-state index in [1.54, 1.807) is 0 Å². The van der Waals surface area contributed by atoms with Gasteiger partial charge in [0.25, 0.3) is 0 Å².